The summed E-state index contributed by atoms with van der Waals surface area (Å²) < 4.78 is 0. The maximum Gasteiger partial charge on any atom is 0.263 e. The van der Waals surface area contributed by atoms with Gasteiger partial charge in [-0.15, -0.1) is 36.2 Å². The fourth-order valence-corrected chi connectivity index (χ4v) is 2.78. The van der Waals surface area contributed by atoms with E-state index >= 15 is 0 Å². The first-order valence-corrected chi connectivity index (χ1v) is 7.46. The standard InChI is InChI=1S/C14H16N4OS.2ClH/c15-10(9-4-5-9)7-17-13(19)12-8-18-14(20-12)11-3-1-2-6-16-11;;/h1-3,6,8-10H,4-5,7,15H2,(H,17,19);2*1H. The molecule has 0 bridgehead atoms. The van der Waals surface area contributed by atoms with Crippen molar-refractivity contribution < 1.29 is 4.79 Å². The van der Waals surface area contributed by atoms with Gasteiger partial charge in [0.05, 0.1) is 11.9 Å². The number of hydrogen-bond acceptors (Lipinski definition) is 5. The first kappa shape index (κ1) is 18.8. The first-order chi connectivity index (χ1) is 9.74. The highest BCUT2D eigenvalue weighted by Gasteiger charge is 2.28. The number of hydrogen-bond donors (Lipinski definition) is 2. The maximum absolute atomic E-state index is 12.0. The van der Waals surface area contributed by atoms with Gasteiger partial charge < -0.3 is 11.1 Å². The van der Waals surface area contributed by atoms with E-state index in [1.165, 1.54) is 24.2 Å². The number of carbonyl (C=O) groups excluding carboxylic acids is 1. The van der Waals surface area contributed by atoms with Crippen molar-refractivity contribution in [3.05, 3.63) is 35.5 Å². The number of halogens is 2. The van der Waals surface area contributed by atoms with Crippen molar-refractivity contribution in [2.24, 2.45) is 11.7 Å². The number of nitrogens with one attached hydrogen (secondary N) is 1. The average molecular weight is 361 g/mol. The van der Waals surface area contributed by atoms with Crippen molar-refractivity contribution in [3.8, 4) is 10.7 Å². The second kappa shape index (κ2) is 8.43. The molecule has 5 nitrogen and oxygen atoms in total. The summed E-state index contributed by atoms with van der Waals surface area (Å²) in [6, 6.07) is 5.70. The number of thiazole rings is 1. The van der Waals surface area contributed by atoms with Gasteiger partial charge in [0.1, 0.15) is 9.88 Å². The molecule has 1 atom stereocenters. The molecule has 3 N–H and O–H groups in total. The van der Waals surface area contributed by atoms with Crippen LogP contribution in [0.3, 0.4) is 0 Å². The SMILES string of the molecule is Cl.Cl.NC(CNC(=O)c1cnc(-c2ccccn2)s1)C1CC1. The highest BCUT2D eigenvalue weighted by Crippen LogP contribution is 2.31. The lowest BCUT2D eigenvalue weighted by atomic mass is 10.2. The molecule has 2 heterocycles. The van der Waals surface area contributed by atoms with Crippen LogP contribution in [0.1, 0.15) is 22.5 Å². The molecule has 0 aromatic carbocycles. The van der Waals surface area contributed by atoms with Crippen molar-refractivity contribution in [2.45, 2.75) is 18.9 Å². The van der Waals surface area contributed by atoms with Crippen molar-refractivity contribution >= 4 is 42.1 Å². The van der Waals surface area contributed by atoms with Crippen LogP contribution in [-0.4, -0.2) is 28.5 Å². The van der Waals surface area contributed by atoms with Crippen molar-refractivity contribution in [3.63, 3.8) is 0 Å². The fourth-order valence-electron chi connectivity index (χ4n) is 1.98. The predicted molar refractivity (Wildman–Crippen MR) is 92.9 cm³/mol. The van der Waals surface area contributed by atoms with Gasteiger partial charge >= 0.3 is 0 Å². The molecule has 120 valence electrons. The monoisotopic (exact) mass is 360 g/mol. The minimum absolute atomic E-state index is 0. The van der Waals surface area contributed by atoms with E-state index in [1.807, 2.05) is 18.2 Å². The Morgan fingerprint density at radius 3 is 2.77 bits per heavy atom. The third-order valence-corrected chi connectivity index (χ3v) is 4.36. The van der Waals surface area contributed by atoms with E-state index in [1.54, 1.807) is 12.4 Å². The molecule has 1 saturated carbocycles. The zero-order valence-electron chi connectivity index (χ0n) is 11.8. The van der Waals surface area contributed by atoms with Crippen molar-refractivity contribution in [1.82, 2.24) is 15.3 Å². The molecular formula is C14H18Cl2N4OS. The van der Waals surface area contributed by atoms with Gasteiger partial charge in [-0.1, -0.05) is 6.07 Å². The van der Waals surface area contributed by atoms with Gasteiger partial charge in [0, 0.05) is 18.8 Å². The van der Waals surface area contributed by atoms with E-state index < -0.39 is 0 Å². The number of nitrogens with zero attached hydrogens (tertiary/aromatic N) is 2. The van der Waals surface area contributed by atoms with Crippen molar-refractivity contribution in [2.75, 3.05) is 6.54 Å². The van der Waals surface area contributed by atoms with Crippen LogP contribution in [0.15, 0.2) is 30.6 Å². The molecule has 1 aliphatic rings. The Labute approximate surface area is 145 Å². The van der Waals surface area contributed by atoms with E-state index in [9.17, 15) is 4.79 Å². The summed E-state index contributed by atoms with van der Waals surface area (Å²) in [6.07, 6.45) is 5.67. The lowest BCUT2D eigenvalue weighted by Crippen LogP contribution is -2.38. The molecule has 1 aliphatic carbocycles. The number of nitrogens with two attached hydrogens (primary N) is 1. The van der Waals surface area contributed by atoms with E-state index in [0.717, 1.165) is 10.7 Å². The minimum atomic E-state index is -0.110. The zero-order valence-corrected chi connectivity index (χ0v) is 14.2. The Bertz CT molecular complexity index is 604. The second-order valence-electron chi connectivity index (χ2n) is 4.96. The second-order valence-corrected chi connectivity index (χ2v) is 5.99. The van der Waals surface area contributed by atoms with Gasteiger partial charge in [0.15, 0.2) is 0 Å². The molecule has 0 radical (unpaired) electrons. The molecule has 1 fully saturated rings. The van der Waals surface area contributed by atoms with E-state index in [2.05, 4.69) is 15.3 Å². The maximum atomic E-state index is 12.0. The van der Waals surface area contributed by atoms with Crippen LogP contribution in [0.2, 0.25) is 0 Å². The molecule has 22 heavy (non-hydrogen) atoms. The number of carbonyl (C=O) groups is 1. The molecular weight excluding hydrogens is 343 g/mol. The zero-order chi connectivity index (χ0) is 13.9. The number of aromatic nitrogens is 2. The summed E-state index contributed by atoms with van der Waals surface area (Å²) in [4.78, 5) is 21.1. The van der Waals surface area contributed by atoms with Crippen LogP contribution in [0.4, 0.5) is 0 Å². The quantitative estimate of drug-likeness (QED) is 0.858. The van der Waals surface area contributed by atoms with Gasteiger partial charge in [0.2, 0.25) is 0 Å². The van der Waals surface area contributed by atoms with E-state index in [4.69, 9.17) is 5.73 Å². The van der Waals surface area contributed by atoms with Gasteiger partial charge in [0.25, 0.3) is 5.91 Å². The molecule has 2 aromatic rings. The fraction of sp³-hybridized carbons (Fsp3) is 0.357. The van der Waals surface area contributed by atoms with Gasteiger partial charge in [-0.25, -0.2) is 4.98 Å². The Kier molecular flexibility index (Phi) is 7.22. The number of amides is 1. The van der Waals surface area contributed by atoms with Crippen LogP contribution >= 0.6 is 36.2 Å². The highest BCUT2D eigenvalue weighted by atomic mass is 35.5. The Morgan fingerprint density at radius 2 is 2.14 bits per heavy atom. The summed E-state index contributed by atoms with van der Waals surface area (Å²) in [5.74, 6) is 0.474. The van der Waals surface area contributed by atoms with Crippen molar-refractivity contribution in [1.29, 1.82) is 0 Å². The normalized spacial score (nSPS) is 14.4. The van der Waals surface area contributed by atoms with Crippen LogP contribution < -0.4 is 11.1 Å². The number of pyridine rings is 1. The molecule has 0 spiro atoms. The first-order valence-electron chi connectivity index (χ1n) is 6.65. The largest absolute Gasteiger partial charge is 0.350 e. The average Bonchev–Trinajstić information content (AvgIpc) is 3.22. The van der Waals surface area contributed by atoms with Gasteiger partial charge in [-0.3, -0.25) is 9.78 Å². The molecule has 8 heteroatoms. The summed E-state index contributed by atoms with van der Waals surface area (Å²) in [7, 11) is 0. The third kappa shape index (κ3) is 4.64. The van der Waals surface area contributed by atoms with Gasteiger partial charge in [-0.2, -0.15) is 0 Å². The summed E-state index contributed by atoms with van der Waals surface area (Å²) >= 11 is 1.34. The predicted octanol–water partition coefficient (Wildman–Crippen LogP) is 2.52. The highest BCUT2D eigenvalue weighted by molar-refractivity contribution is 7.16. The van der Waals surface area contributed by atoms with Gasteiger partial charge in [-0.05, 0) is 30.9 Å². The lowest BCUT2D eigenvalue weighted by Gasteiger charge is -2.10. The van der Waals surface area contributed by atoms with Crippen LogP contribution in [0, 0.1) is 5.92 Å². The molecule has 0 aliphatic heterocycles. The molecule has 0 saturated heterocycles. The van der Waals surface area contributed by atoms with E-state index in [0.29, 0.717) is 17.3 Å². The lowest BCUT2D eigenvalue weighted by molar-refractivity contribution is 0.0954. The van der Waals surface area contributed by atoms with Crippen LogP contribution in [-0.2, 0) is 0 Å². The Hall–Kier alpha value is -1.21. The summed E-state index contributed by atoms with van der Waals surface area (Å²) in [5.41, 5.74) is 6.75. The Morgan fingerprint density at radius 1 is 1.36 bits per heavy atom. The van der Waals surface area contributed by atoms with E-state index in [-0.39, 0.29) is 36.8 Å². The molecule has 2 aromatic heterocycles. The topological polar surface area (TPSA) is 80.9 Å². The summed E-state index contributed by atoms with van der Waals surface area (Å²) in [6.45, 7) is 0.528. The Balaban J connectivity index is 0.00000121. The summed E-state index contributed by atoms with van der Waals surface area (Å²) in [5, 5.41) is 3.62. The smallest absolute Gasteiger partial charge is 0.263 e. The minimum Gasteiger partial charge on any atom is -0.350 e. The molecule has 3 rings (SSSR count). The third-order valence-electron chi connectivity index (χ3n) is 3.34. The van der Waals surface area contributed by atoms with Crippen LogP contribution in [0.5, 0.6) is 0 Å². The molecule has 1 unspecified atom stereocenters. The number of rotatable bonds is 5. The molecule has 1 amide bonds. The van der Waals surface area contributed by atoms with Crippen LogP contribution in [0.25, 0.3) is 10.7 Å².